The third-order valence-corrected chi connectivity index (χ3v) is 2.94. The number of anilines is 1. The predicted octanol–water partition coefficient (Wildman–Crippen LogP) is 2.94. The Hall–Kier alpha value is -1.75. The number of hydrogen-bond donors (Lipinski definition) is 2. The molecule has 0 unspecified atom stereocenters. The molecule has 0 aliphatic carbocycles. The quantitative estimate of drug-likeness (QED) is 0.651. The van der Waals surface area contributed by atoms with Crippen LogP contribution < -0.4 is 20.5 Å². The van der Waals surface area contributed by atoms with Gasteiger partial charge >= 0.3 is 0 Å². The van der Waals surface area contributed by atoms with E-state index in [1.54, 1.807) is 6.07 Å². The maximum Gasteiger partial charge on any atom is 0.224 e. The summed E-state index contributed by atoms with van der Waals surface area (Å²) in [4.78, 5) is 11.8. The topological polar surface area (TPSA) is 73.6 Å². The molecule has 0 saturated carbocycles. The molecule has 0 bridgehead atoms. The Morgan fingerprint density at radius 1 is 1.10 bits per heavy atom. The van der Waals surface area contributed by atoms with E-state index in [9.17, 15) is 4.79 Å². The molecule has 5 nitrogen and oxygen atoms in total. The van der Waals surface area contributed by atoms with Crippen LogP contribution in [-0.4, -0.2) is 25.7 Å². The first-order valence-electron chi connectivity index (χ1n) is 7.60. The van der Waals surface area contributed by atoms with Crippen LogP contribution in [0.25, 0.3) is 0 Å². The van der Waals surface area contributed by atoms with Gasteiger partial charge in [-0.15, -0.1) is 0 Å². The lowest BCUT2D eigenvalue weighted by molar-refractivity contribution is -0.116. The molecule has 0 atom stereocenters. The standard InChI is InChI=1S/C16H26N2O3/c1-3-20-14-10-9-13(12-15(14)21-4-2)18-16(19)8-6-5-7-11-17/h9-10,12H,3-8,11,17H2,1-2H3,(H,18,19). The van der Waals surface area contributed by atoms with Gasteiger partial charge in [0.05, 0.1) is 13.2 Å². The molecule has 21 heavy (non-hydrogen) atoms. The number of amides is 1. The van der Waals surface area contributed by atoms with E-state index in [0.717, 1.165) is 24.9 Å². The molecule has 0 radical (unpaired) electrons. The van der Waals surface area contributed by atoms with Crippen molar-refractivity contribution in [1.29, 1.82) is 0 Å². The Morgan fingerprint density at radius 3 is 2.48 bits per heavy atom. The fraction of sp³-hybridized carbons (Fsp3) is 0.562. The average Bonchev–Trinajstić information content (AvgIpc) is 2.47. The zero-order valence-corrected chi connectivity index (χ0v) is 13.0. The van der Waals surface area contributed by atoms with Gasteiger partial charge in [-0.1, -0.05) is 6.42 Å². The van der Waals surface area contributed by atoms with Crippen LogP contribution in [0.4, 0.5) is 5.69 Å². The lowest BCUT2D eigenvalue weighted by Gasteiger charge is -2.13. The highest BCUT2D eigenvalue weighted by atomic mass is 16.5. The van der Waals surface area contributed by atoms with E-state index in [0.29, 0.717) is 37.7 Å². The first kappa shape index (κ1) is 17.3. The minimum atomic E-state index is 0.0126. The highest BCUT2D eigenvalue weighted by molar-refractivity contribution is 5.91. The van der Waals surface area contributed by atoms with Gasteiger partial charge in [-0.25, -0.2) is 0 Å². The van der Waals surface area contributed by atoms with Crippen LogP contribution in [0.2, 0.25) is 0 Å². The SMILES string of the molecule is CCOc1ccc(NC(=O)CCCCCN)cc1OCC. The van der Waals surface area contributed by atoms with E-state index in [1.165, 1.54) is 0 Å². The zero-order valence-electron chi connectivity index (χ0n) is 13.0. The Balaban J connectivity index is 2.58. The molecule has 0 aliphatic rings. The van der Waals surface area contributed by atoms with Crippen LogP contribution in [0.15, 0.2) is 18.2 Å². The van der Waals surface area contributed by atoms with Crippen LogP contribution in [-0.2, 0) is 4.79 Å². The Bertz CT molecular complexity index is 436. The van der Waals surface area contributed by atoms with Crippen molar-refractivity contribution in [3.63, 3.8) is 0 Å². The summed E-state index contributed by atoms with van der Waals surface area (Å²) in [6.07, 6.45) is 3.32. The van der Waals surface area contributed by atoms with Crippen LogP contribution in [0.1, 0.15) is 39.5 Å². The van der Waals surface area contributed by atoms with E-state index in [4.69, 9.17) is 15.2 Å². The van der Waals surface area contributed by atoms with Crippen molar-refractivity contribution in [1.82, 2.24) is 0 Å². The predicted molar refractivity (Wildman–Crippen MR) is 84.9 cm³/mol. The number of carbonyl (C=O) groups is 1. The monoisotopic (exact) mass is 294 g/mol. The van der Waals surface area contributed by atoms with Gasteiger partial charge in [-0.2, -0.15) is 0 Å². The van der Waals surface area contributed by atoms with Crippen molar-refractivity contribution < 1.29 is 14.3 Å². The van der Waals surface area contributed by atoms with Gasteiger partial charge in [0.1, 0.15) is 0 Å². The molecule has 0 aromatic heterocycles. The third-order valence-electron chi connectivity index (χ3n) is 2.94. The number of carbonyl (C=O) groups excluding carboxylic acids is 1. The molecule has 118 valence electrons. The van der Waals surface area contributed by atoms with Gasteiger partial charge in [0.15, 0.2) is 11.5 Å². The van der Waals surface area contributed by atoms with Gasteiger partial charge in [-0.3, -0.25) is 4.79 Å². The van der Waals surface area contributed by atoms with E-state index in [2.05, 4.69) is 5.32 Å². The highest BCUT2D eigenvalue weighted by Gasteiger charge is 2.08. The summed E-state index contributed by atoms with van der Waals surface area (Å²) < 4.78 is 11.0. The first-order valence-corrected chi connectivity index (χ1v) is 7.60. The first-order chi connectivity index (χ1) is 10.2. The average molecular weight is 294 g/mol. The summed E-state index contributed by atoms with van der Waals surface area (Å²) in [5, 5.41) is 2.88. The van der Waals surface area contributed by atoms with Crippen molar-refractivity contribution in [3.8, 4) is 11.5 Å². The Labute approximate surface area is 126 Å². The number of nitrogens with one attached hydrogen (secondary N) is 1. The second kappa shape index (κ2) is 10.0. The van der Waals surface area contributed by atoms with E-state index in [1.807, 2.05) is 26.0 Å². The van der Waals surface area contributed by atoms with E-state index in [-0.39, 0.29) is 5.91 Å². The van der Waals surface area contributed by atoms with Crippen molar-refractivity contribution >= 4 is 11.6 Å². The number of benzene rings is 1. The molecule has 1 amide bonds. The minimum absolute atomic E-state index is 0.0126. The largest absolute Gasteiger partial charge is 0.490 e. The smallest absolute Gasteiger partial charge is 0.224 e. The van der Waals surface area contributed by atoms with E-state index >= 15 is 0 Å². The molecular weight excluding hydrogens is 268 g/mol. The van der Waals surface area contributed by atoms with Crippen molar-refractivity contribution in [2.75, 3.05) is 25.1 Å². The summed E-state index contributed by atoms with van der Waals surface area (Å²) in [6, 6.07) is 5.44. The summed E-state index contributed by atoms with van der Waals surface area (Å²) >= 11 is 0. The van der Waals surface area contributed by atoms with Crippen LogP contribution in [0, 0.1) is 0 Å². The second-order valence-electron chi connectivity index (χ2n) is 4.68. The van der Waals surface area contributed by atoms with Gasteiger partial charge in [-0.05, 0) is 45.4 Å². The maximum atomic E-state index is 11.8. The molecule has 0 spiro atoms. The fourth-order valence-corrected chi connectivity index (χ4v) is 1.96. The van der Waals surface area contributed by atoms with Gasteiger partial charge in [0.25, 0.3) is 0 Å². The van der Waals surface area contributed by atoms with Crippen molar-refractivity contribution in [2.45, 2.75) is 39.5 Å². The molecule has 1 aromatic rings. The molecule has 1 aromatic carbocycles. The lowest BCUT2D eigenvalue weighted by Crippen LogP contribution is -2.11. The number of nitrogens with two attached hydrogens (primary N) is 1. The number of rotatable bonds is 10. The van der Waals surface area contributed by atoms with Crippen molar-refractivity contribution in [2.24, 2.45) is 5.73 Å². The lowest BCUT2D eigenvalue weighted by atomic mass is 10.2. The summed E-state index contributed by atoms with van der Waals surface area (Å²) in [7, 11) is 0. The molecule has 3 N–H and O–H groups in total. The number of hydrogen-bond acceptors (Lipinski definition) is 4. The summed E-state index contributed by atoms with van der Waals surface area (Å²) in [5.74, 6) is 1.36. The normalized spacial score (nSPS) is 10.2. The minimum Gasteiger partial charge on any atom is -0.490 e. The van der Waals surface area contributed by atoms with Gasteiger partial charge in [0.2, 0.25) is 5.91 Å². The second-order valence-corrected chi connectivity index (χ2v) is 4.68. The number of unbranched alkanes of at least 4 members (excludes halogenated alkanes) is 2. The van der Waals surface area contributed by atoms with Crippen LogP contribution in [0.3, 0.4) is 0 Å². The third kappa shape index (κ3) is 6.49. The van der Waals surface area contributed by atoms with Crippen LogP contribution in [0.5, 0.6) is 11.5 Å². The molecule has 0 aliphatic heterocycles. The highest BCUT2D eigenvalue weighted by Crippen LogP contribution is 2.30. The molecule has 0 saturated heterocycles. The fourth-order valence-electron chi connectivity index (χ4n) is 1.96. The maximum absolute atomic E-state index is 11.8. The Kier molecular flexibility index (Phi) is 8.28. The molecule has 0 fully saturated rings. The molecule has 1 rings (SSSR count). The molecule has 0 heterocycles. The summed E-state index contributed by atoms with van der Waals surface area (Å²) in [5.41, 5.74) is 6.15. The van der Waals surface area contributed by atoms with Gasteiger partial charge < -0.3 is 20.5 Å². The van der Waals surface area contributed by atoms with E-state index < -0.39 is 0 Å². The number of ether oxygens (including phenoxy) is 2. The van der Waals surface area contributed by atoms with Crippen molar-refractivity contribution in [3.05, 3.63) is 18.2 Å². The summed E-state index contributed by atoms with van der Waals surface area (Å²) in [6.45, 7) is 5.65. The molecule has 5 heteroatoms. The zero-order chi connectivity index (χ0) is 15.5. The Morgan fingerprint density at radius 2 is 1.81 bits per heavy atom. The molecular formula is C16H26N2O3. The van der Waals surface area contributed by atoms with Gasteiger partial charge in [0, 0.05) is 18.2 Å². The van der Waals surface area contributed by atoms with Crippen LogP contribution >= 0.6 is 0 Å².